The Morgan fingerprint density at radius 1 is 1.53 bits per heavy atom. The Morgan fingerprint density at radius 3 is 2.80 bits per heavy atom. The Labute approximate surface area is 93.5 Å². The molecule has 1 rings (SSSR count). The zero-order valence-corrected chi connectivity index (χ0v) is 9.66. The van der Waals surface area contributed by atoms with Gasteiger partial charge in [-0.2, -0.15) is 0 Å². The lowest BCUT2D eigenvalue weighted by Gasteiger charge is -2.08. The maximum atomic E-state index is 11.2. The third kappa shape index (κ3) is 4.78. The molecule has 0 radical (unpaired) electrons. The molecule has 1 aromatic heterocycles. The maximum absolute atomic E-state index is 11.2. The van der Waals surface area contributed by atoms with Gasteiger partial charge in [-0.15, -0.1) is 0 Å². The molecule has 0 saturated heterocycles. The largest absolute Gasteiger partial charge is 0.466 e. The number of thioether (sulfide) groups is 1. The first-order valence-electron chi connectivity index (χ1n) is 4.81. The van der Waals surface area contributed by atoms with E-state index in [1.54, 1.807) is 25.4 Å². The third-order valence-electron chi connectivity index (χ3n) is 1.61. The highest BCUT2D eigenvalue weighted by atomic mass is 32.2. The summed E-state index contributed by atoms with van der Waals surface area (Å²) in [5, 5.41) is 0.820. The average Bonchev–Trinajstić information content (AvgIpc) is 2.19. The molecule has 0 aliphatic carbocycles. The van der Waals surface area contributed by atoms with Gasteiger partial charge < -0.3 is 4.74 Å². The number of aromatic nitrogens is 2. The number of nitrogens with zero attached hydrogens (tertiary/aromatic N) is 2. The van der Waals surface area contributed by atoms with Crippen LogP contribution >= 0.6 is 11.8 Å². The van der Waals surface area contributed by atoms with Crippen molar-refractivity contribution in [1.82, 2.24) is 9.97 Å². The molecule has 0 aliphatic heterocycles. The molecule has 4 nitrogen and oxygen atoms in total. The molecule has 1 heterocycles. The van der Waals surface area contributed by atoms with Crippen molar-refractivity contribution in [2.75, 3.05) is 6.61 Å². The van der Waals surface area contributed by atoms with Gasteiger partial charge in [-0.25, -0.2) is 9.97 Å². The Bertz CT molecular complexity index is 306. The second kappa shape index (κ2) is 6.40. The molecular formula is C10H14N2O2S. The second-order valence-corrected chi connectivity index (χ2v) is 4.37. The van der Waals surface area contributed by atoms with Crippen LogP contribution in [0.5, 0.6) is 0 Å². The first-order chi connectivity index (χ1) is 7.22. The van der Waals surface area contributed by atoms with Gasteiger partial charge in [0.1, 0.15) is 0 Å². The van der Waals surface area contributed by atoms with Gasteiger partial charge >= 0.3 is 5.97 Å². The first kappa shape index (κ1) is 12.0. The van der Waals surface area contributed by atoms with E-state index in [1.165, 1.54) is 11.8 Å². The van der Waals surface area contributed by atoms with Crippen molar-refractivity contribution in [3.63, 3.8) is 0 Å². The minimum absolute atomic E-state index is 0.131. The standard InChI is InChI=1S/C10H14N2O2S/c1-3-14-9(13)7-8(2)15-10-11-5-4-6-12-10/h4-6,8H,3,7H2,1-2H3. The molecule has 1 aromatic rings. The summed E-state index contributed by atoms with van der Waals surface area (Å²) in [6, 6.07) is 1.76. The molecule has 0 saturated carbocycles. The van der Waals surface area contributed by atoms with Gasteiger partial charge in [0.2, 0.25) is 0 Å². The number of rotatable bonds is 5. The van der Waals surface area contributed by atoms with Crippen LogP contribution in [0.3, 0.4) is 0 Å². The number of hydrogen-bond donors (Lipinski definition) is 0. The Kier molecular flexibility index (Phi) is 5.10. The zero-order chi connectivity index (χ0) is 11.1. The Morgan fingerprint density at radius 2 is 2.20 bits per heavy atom. The fraction of sp³-hybridized carbons (Fsp3) is 0.500. The van der Waals surface area contributed by atoms with E-state index in [4.69, 9.17) is 4.74 Å². The van der Waals surface area contributed by atoms with Gasteiger partial charge in [0, 0.05) is 17.6 Å². The van der Waals surface area contributed by atoms with Crippen molar-refractivity contribution in [3.8, 4) is 0 Å². The molecule has 0 amide bonds. The van der Waals surface area contributed by atoms with E-state index in [-0.39, 0.29) is 11.2 Å². The molecule has 0 spiro atoms. The quantitative estimate of drug-likeness (QED) is 0.436. The van der Waals surface area contributed by atoms with Gasteiger partial charge in [-0.1, -0.05) is 18.7 Å². The normalized spacial score (nSPS) is 12.1. The second-order valence-electron chi connectivity index (χ2n) is 2.97. The van der Waals surface area contributed by atoms with E-state index in [9.17, 15) is 4.79 Å². The highest BCUT2D eigenvalue weighted by molar-refractivity contribution is 7.99. The first-order valence-corrected chi connectivity index (χ1v) is 5.69. The minimum Gasteiger partial charge on any atom is -0.466 e. The molecule has 82 valence electrons. The van der Waals surface area contributed by atoms with Crippen LogP contribution in [0.4, 0.5) is 0 Å². The van der Waals surface area contributed by atoms with E-state index < -0.39 is 0 Å². The lowest BCUT2D eigenvalue weighted by atomic mass is 10.3. The summed E-state index contributed by atoms with van der Waals surface area (Å²) in [4.78, 5) is 19.3. The number of carbonyl (C=O) groups excluding carboxylic acids is 1. The average molecular weight is 226 g/mol. The number of esters is 1. The van der Waals surface area contributed by atoms with Crippen molar-refractivity contribution in [3.05, 3.63) is 18.5 Å². The SMILES string of the molecule is CCOC(=O)CC(C)Sc1ncccn1. The molecule has 1 unspecified atom stereocenters. The van der Waals surface area contributed by atoms with Crippen molar-refractivity contribution >= 4 is 17.7 Å². The van der Waals surface area contributed by atoms with E-state index >= 15 is 0 Å². The summed E-state index contributed by atoms with van der Waals surface area (Å²) >= 11 is 1.47. The van der Waals surface area contributed by atoms with Crippen LogP contribution in [0.2, 0.25) is 0 Å². The summed E-state index contributed by atoms with van der Waals surface area (Å²) in [5.41, 5.74) is 0. The summed E-state index contributed by atoms with van der Waals surface area (Å²) in [7, 11) is 0. The van der Waals surface area contributed by atoms with Crippen LogP contribution in [0, 0.1) is 0 Å². The summed E-state index contributed by atoms with van der Waals surface area (Å²) in [6.07, 6.45) is 3.76. The van der Waals surface area contributed by atoms with Crippen LogP contribution in [-0.2, 0) is 9.53 Å². The predicted octanol–water partition coefficient (Wildman–Crippen LogP) is 1.91. The van der Waals surface area contributed by atoms with Crippen molar-refractivity contribution < 1.29 is 9.53 Å². The molecule has 0 N–H and O–H groups in total. The van der Waals surface area contributed by atoms with Crippen molar-refractivity contribution in [2.45, 2.75) is 30.7 Å². The predicted molar refractivity (Wildman–Crippen MR) is 58.6 cm³/mol. The summed E-state index contributed by atoms with van der Waals surface area (Å²) < 4.78 is 4.86. The summed E-state index contributed by atoms with van der Waals surface area (Å²) in [6.45, 7) is 4.19. The Hall–Kier alpha value is -1.10. The molecule has 0 aromatic carbocycles. The molecule has 5 heteroatoms. The fourth-order valence-corrected chi connectivity index (χ4v) is 1.85. The van der Waals surface area contributed by atoms with Crippen LogP contribution in [-0.4, -0.2) is 27.8 Å². The van der Waals surface area contributed by atoms with Gasteiger partial charge in [0.05, 0.1) is 13.0 Å². The van der Waals surface area contributed by atoms with Crippen LogP contribution in [0.25, 0.3) is 0 Å². The number of hydrogen-bond acceptors (Lipinski definition) is 5. The number of carbonyl (C=O) groups is 1. The van der Waals surface area contributed by atoms with E-state index in [0.29, 0.717) is 18.2 Å². The minimum atomic E-state index is -0.173. The van der Waals surface area contributed by atoms with Gasteiger partial charge in [0.15, 0.2) is 5.16 Å². The number of ether oxygens (including phenoxy) is 1. The van der Waals surface area contributed by atoms with Gasteiger partial charge in [-0.3, -0.25) is 4.79 Å². The van der Waals surface area contributed by atoms with E-state index in [0.717, 1.165) is 0 Å². The highest BCUT2D eigenvalue weighted by Gasteiger charge is 2.12. The molecule has 0 aliphatic rings. The lowest BCUT2D eigenvalue weighted by Crippen LogP contribution is -2.10. The smallest absolute Gasteiger partial charge is 0.306 e. The molecule has 1 atom stereocenters. The summed E-state index contributed by atoms with van der Waals surface area (Å²) in [5.74, 6) is -0.173. The third-order valence-corrected chi connectivity index (χ3v) is 2.60. The topological polar surface area (TPSA) is 52.1 Å². The monoisotopic (exact) mass is 226 g/mol. The Balaban J connectivity index is 2.36. The molecule has 0 bridgehead atoms. The van der Waals surface area contributed by atoms with Crippen LogP contribution < -0.4 is 0 Å². The van der Waals surface area contributed by atoms with Crippen molar-refractivity contribution in [1.29, 1.82) is 0 Å². The van der Waals surface area contributed by atoms with Crippen LogP contribution in [0.15, 0.2) is 23.6 Å². The van der Waals surface area contributed by atoms with Gasteiger partial charge in [-0.05, 0) is 13.0 Å². The highest BCUT2D eigenvalue weighted by Crippen LogP contribution is 2.20. The molecule has 0 fully saturated rings. The van der Waals surface area contributed by atoms with Crippen molar-refractivity contribution in [2.24, 2.45) is 0 Å². The molecule has 15 heavy (non-hydrogen) atoms. The van der Waals surface area contributed by atoms with Crippen LogP contribution in [0.1, 0.15) is 20.3 Å². The zero-order valence-electron chi connectivity index (χ0n) is 8.84. The maximum Gasteiger partial charge on any atom is 0.306 e. The lowest BCUT2D eigenvalue weighted by molar-refractivity contribution is -0.142. The van der Waals surface area contributed by atoms with Gasteiger partial charge in [0.25, 0.3) is 0 Å². The van der Waals surface area contributed by atoms with E-state index in [2.05, 4.69) is 9.97 Å². The fourth-order valence-electron chi connectivity index (χ4n) is 1.02. The van der Waals surface area contributed by atoms with E-state index in [1.807, 2.05) is 6.92 Å². The molecular weight excluding hydrogens is 212 g/mol.